The van der Waals surface area contributed by atoms with Gasteiger partial charge in [-0.3, -0.25) is 0 Å². The van der Waals surface area contributed by atoms with Crippen LogP contribution in [0, 0.1) is 0 Å². The Balaban J connectivity index is 2.31. The number of sulfonamides is 1. The largest absolute Gasteiger partial charge is 0.489 e. The molecule has 0 saturated carbocycles. The van der Waals surface area contributed by atoms with E-state index in [9.17, 15) is 8.42 Å². The normalized spacial score (nSPS) is 13.6. The van der Waals surface area contributed by atoms with Crippen molar-refractivity contribution in [3.63, 3.8) is 0 Å². The smallest absolute Gasteiger partial charge is 0.238 e. The predicted octanol–water partition coefficient (Wildman–Crippen LogP) is 1.82. The molecule has 0 aromatic heterocycles. The summed E-state index contributed by atoms with van der Waals surface area (Å²) in [6, 6.07) is 10.4. The first-order valence-corrected chi connectivity index (χ1v) is 8.18. The van der Waals surface area contributed by atoms with Crippen molar-refractivity contribution in [2.45, 2.75) is 17.9 Å². The van der Waals surface area contributed by atoms with Gasteiger partial charge in [-0.05, 0) is 56.1 Å². The Hall–Kier alpha value is -1.63. The molecule has 0 fully saturated rings. The van der Waals surface area contributed by atoms with Crippen LogP contribution in [0.25, 0.3) is 10.8 Å². The number of likely N-dealkylation sites (N-methyl/N-ethyl adjacent to an activating group) is 1. The Labute approximate surface area is 125 Å². The molecule has 0 amide bonds. The first kappa shape index (κ1) is 15.8. The molecule has 0 radical (unpaired) electrons. The molecule has 21 heavy (non-hydrogen) atoms. The summed E-state index contributed by atoms with van der Waals surface area (Å²) < 4.78 is 28.6. The van der Waals surface area contributed by atoms with E-state index in [1.807, 2.05) is 44.1 Å². The van der Waals surface area contributed by atoms with Crippen LogP contribution >= 0.6 is 0 Å². The highest BCUT2D eigenvalue weighted by atomic mass is 32.2. The summed E-state index contributed by atoms with van der Waals surface area (Å²) in [5.41, 5.74) is 0. The fourth-order valence-corrected chi connectivity index (χ4v) is 2.79. The van der Waals surface area contributed by atoms with Gasteiger partial charge < -0.3 is 9.64 Å². The fraction of sp³-hybridized carbons (Fsp3) is 0.333. The molecule has 0 spiro atoms. The van der Waals surface area contributed by atoms with Crippen molar-refractivity contribution in [3.8, 4) is 5.75 Å². The molecule has 0 aliphatic rings. The number of hydrogen-bond acceptors (Lipinski definition) is 4. The van der Waals surface area contributed by atoms with E-state index in [1.54, 1.807) is 12.1 Å². The van der Waals surface area contributed by atoms with E-state index in [2.05, 4.69) is 0 Å². The second kappa shape index (κ2) is 6.01. The summed E-state index contributed by atoms with van der Waals surface area (Å²) in [5, 5.41) is 6.88. The van der Waals surface area contributed by atoms with Gasteiger partial charge in [-0.1, -0.05) is 12.1 Å². The first-order valence-electron chi connectivity index (χ1n) is 6.64. The lowest BCUT2D eigenvalue weighted by Crippen LogP contribution is -2.27. The number of hydrogen-bond donors (Lipinski definition) is 1. The second-order valence-corrected chi connectivity index (χ2v) is 6.97. The molecule has 0 bridgehead atoms. The molecule has 0 saturated heterocycles. The summed E-state index contributed by atoms with van der Waals surface area (Å²) in [7, 11) is 0.276. The van der Waals surface area contributed by atoms with E-state index in [0.29, 0.717) is 5.75 Å². The highest BCUT2D eigenvalue weighted by molar-refractivity contribution is 7.89. The zero-order valence-corrected chi connectivity index (χ0v) is 13.2. The summed E-state index contributed by atoms with van der Waals surface area (Å²) in [6.45, 7) is 2.79. The molecule has 2 aromatic carbocycles. The van der Waals surface area contributed by atoms with Gasteiger partial charge in [-0.15, -0.1) is 0 Å². The van der Waals surface area contributed by atoms with E-state index < -0.39 is 10.0 Å². The van der Waals surface area contributed by atoms with Gasteiger partial charge in [0, 0.05) is 6.54 Å². The Bertz CT molecular complexity index is 742. The average Bonchev–Trinajstić information content (AvgIpc) is 2.35. The van der Waals surface area contributed by atoms with Crippen molar-refractivity contribution >= 4 is 20.8 Å². The first-order chi connectivity index (χ1) is 9.75. The van der Waals surface area contributed by atoms with E-state index >= 15 is 0 Å². The molecule has 5 nitrogen and oxygen atoms in total. The van der Waals surface area contributed by atoms with Crippen LogP contribution in [0.15, 0.2) is 41.3 Å². The third kappa shape index (κ3) is 4.17. The quantitative estimate of drug-likeness (QED) is 0.914. The van der Waals surface area contributed by atoms with Crippen molar-refractivity contribution < 1.29 is 13.2 Å². The SMILES string of the molecule is CC(CN(C)C)Oc1ccc2ccc(S(N)(=O)=O)cc2c1. The van der Waals surface area contributed by atoms with Crippen LogP contribution in [-0.4, -0.2) is 40.1 Å². The van der Waals surface area contributed by atoms with Crippen molar-refractivity contribution in [1.29, 1.82) is 0 Å². The minimum Gasteiger partial charge on any atom is -0.489 e. The molecule has 0 aliphatic heterocycles. The van der Waals surface area contributed by atoms with Crippen LogP contribution in [0.2, 0.25) is 0 Å². The van der Waals surface area contributed by atoms with Crippen molar-refractivity contribution in [2.75, 3.05) is 20.6 Å². The van der Waals surface area contributed by atoms with Gasteiger partial charge in [0.2, 0.25) is 10.0 Å². The third-order valence-corrected chi connectivity index (χ3v) is 3.98. The Morgan fingerprint density at radius 1 is 1.14 bits per heavy atom. The number of rotatable bonds is 5. The molecular weight excluding hydrogens is 288 g/mol. The number of fused-ring (bicyclic) bond motifs is 1. The molecule has 1 unspecified atom stereocenters. The minimum atomic E-state index is -3.69. The van der Waals surface area contributed by atoms with Gasteiger partial charge >= 0.3 is 0 Å². The van der Waals surface area contributed by atoms with Gasteiger partial charge in [0.15, 0.2) is 0 Å². The maximum atomic E-state index is 11.4. The van der Waals surface area contributed by atoms with Gasteiger partial charge in [-0.25, -0.2) is 13.6 Å². The Kier molecular flexibility index (Phi) is 4.51. The van der Waals surface area contributed by atoms with Crippen LogP contribution < -0.4 is 9.88 Å². The van der Waals surface area contributed by atoms with E-state index in [1.165, 1.54) is 6.07 Å². The topological polar surface area (TPSA) is 72.6 Å². The molecule has 0 heterocycles. The lowest BCUT2D eigenvalue weighted by atomic mass is 10.1. The zero-order chi connectivity index (χ0) is 15.6. The molecule has 114 valence electrons. The van der Waals surface area contributed by atoms with Gasteiger partial charge in [0.05, 0.1) is 4.90 Å². The Morgan fingerprint density at radius 2 is 1.81 bits per heavy atom. The summed E-state index contributed by atoms with van der Waals surface area (Å²) in [4.78, 5) is 2.15. The fourth-order valence-electron chi connectivity index (χ4n) is 2.24. The van der Waals surface area contributed by atoms with Crippen LogP contribution in [0.5, 0.6) is 5.75 Å². The maximum absolute atomic E-state index is 11.4. The number of benzene rings is 2. The third-order valence-electron chi connectivity index (χ3n) is 3.07. The highest BCUT2D eigenvalue weighted by Gasteiger charge is 2.10. The molecule has 0 aliphatic carbocycles. The second-order valence-electron chi connectivity index (χ2n) is 5.41. The number of nitrogens with two attached hydrogens (primary N) is 1. The highest BCUT2D eigenvalue weighted by Crippen LogP contribution is 2.24. The van der Waals surface area contributed by atoms with Crippen molar-refractivity contribution in [1.82, 2.24) is 4.90 Å². The van der Waals surface area contributed by atoms with Crippen LogP contribution in [0.3, 0.4) is 0 Å². The standard InChI is InChI=1S/C15H20N2O3S/c1-11(10-17(2)3)20-14-6-4-12-5-7-15(21(16,18)19)9-13(12)8-14/h4-9,11H,10H2,1-3H3,(H2,16,18,19). The zero-order valence-electron chi connectivity index (χ0n) is 12.4. The van der Waals surface area contributed by atoms with Gasteiger partial charge in [0.25, 0.3) is 0 Å². The number of primary sulfonamides is 1. The molecular formula is C15H20N2O3S. The van der Waals surface area contributed by atoms with E-state index in [-0.39, 0.29) is 11.0 Å². The van der Waals surface area contributed by atoms with Crippen molar-refractivity contribution in [3.05, 3.63) is 36.4 Å². The predicted molar refractivity (Wildman–Crippen MR) is 84.0 cm³/mol. The summed E-state index contributed by atoms with van der Waals surface area (Å²) in [5.74, 6) is 0.711. The van der Waals surface area contributed by atoms with E-state index in [0.717, 1.165) is 17.3 Å². The van der Waals surface area contributed by atoms with Crippen LogP contribution in [0.1, 0.15) is 6.92 Å². The Morgan fingerprint density at radius 3 is 2.43 bits per heavy atom. The van der Waals surface area contributed by atoms with Crippen LogP contribution in [0.4, 0.5) is 0 Å². The van der Waals surface area contributed by atoms with E-state index in [4.69, 9.17) is 9.88 Å². The average molecular weight is 308 g/mol. The monoisotopic (exact) mass is 308 g/mol. The lowest BCUT2D eigenvalue weighted by Gasteiger charge is -2.19. The molecule has 6 heteroatoms. The lowest BCUT2D eigenvalue weighted by molar-refractivity contribution is 0.177. The van der Waals surface area contributed by atoms with Crippen molar-refractivity contribution in [2.24, 2.45) is 5.14 Å². The van der Waals surface area contributed by atoms with Crippen LogP contribution in [-0.2, 0) is 10.0 Å². The van der Waals surface area contributed by atoms with Gasteiger partial charge in [0.1, 0.15) is 11.9 Å². The maximum Gasteiger partial charge on any atom is 0.238 e. The summed E-state index contributed by atoms with van der Waals surface area (Å²) in [6.07, 6.45) is 0.0406. The molecule has 2 rings (SSSR count). The minimum absolute atomic E-state index is 0.0406. The van der Waals surface area contributed by atoms with Gasteiger partial charge in [-0.2, -0.15) is 0 Å². The molecule has 1 atom stereocenters. The summed E-state index contributed by atoms with van der Waals surface area (Å²) >= 11 is 0. The molecule has 2 aromatic rings. The number of ether oxygens (including phenoxy) is 1. The molecule has 2 N–H and O–H groups in total. The number of nitrogens with zero attached hydrogens (tertiary/aromatic N) is 1.